The minimum atomic E-state index is -0.229. The third-order valence-corrected chi connectivity index (χ3v) is 5.19. The number of rotatable bonds is 6. The van der Waals surface area contributed by atoms with Gasteiger partial charge in [0.2, 0.25) is 0 Å². The predicted molar refractivity (Wildman–Crippen MR) is 127 cm³/mol. The molecule has 158 valence electrons. The van der Waals surface area contributed by atoms with Gasteiger partial charge >= 0.3 is 0 Å². The molecule has 1 saturated heterocycles. The number of aliphatic imine (C=N–C) groups is 1. The van der Waals surface area contributed by atoms with Crippen LogP contribution in [0.2, 0.25) is 5.02 Å². The Morgan fingerprint density at radius 3 is 2.52 bits per heavy atom. The number of halogens is 3. The summed E-state index contributed by atoms with van der Waals surface area (Å²) >= 11 is 6.47. The summed E-state index contributed by atoms with van der Waals surface area (Å²) in [6.45, 7) is 4.10. The molecule has 1 aliphatic rings. The van der Waals surface area contributed by atoms with Crippen molar-refractivity contribution in [2.75, 3.05) is 39.9 Å². The lowest BCUT2D eigenvalue weighted by molar-refractivity contribution is 0.0170. The van der Waals surface area contributed by atoms with Gasteiger partial charge in [-0.25, -0.2) is 4.39 Å². The van der Waals surface area contributed by atoms with E-state index in [9.17, 15) is 4.39 Å². The van der Waals surface area contributed by atoms with Crippen LogP contribution in [0, 0.1) is 5.82 Å². The van der Waals surface area contributed by atoms with E-state index >= 15 is 0 Å². The van der Waals surface area contributed by atoms with Crippen LogP contribution in [0.15, 0.2) is 53.5 Å². The van der Waals surface area contributed by atoms with Crippen LogP contribution in [-0.4, -0.2) is 50.8 Å². The SMILES string of the molecule is CN=C(NCc1ccccc1F)NCC(c1ccccc1Cl)N1CCOCC1.I. The predicted octanol–water partition coefficient (Wildman–Crippen LogP) is 3.84. The van der Waals surface area contributed by atoms with Crippen molar-refractivity contribution in [3.05, 3.63) is 70.5 Å². The quantitative estimate of drug-likeness (QED) is 0.337. The maximum absolute atomic E-state index is 13.8. The summed E-state index contributed by atoms with van der Waals surface area (Å²) in [5, 5.41) is 7.28. The molecule has 5 nitrogen and oxygen atoms in total. The highest BCUT2D eigenvalue weighted by atomic mass is 127. The number of benzene rings is 2. The monoisotopic (exact) mass is 532 g/mol. The van der Waals surface area contributed by atoms with E-state index in [0.717, 1.165) is 23.7 Å². The fraction of sp³-hybridized carbons (Fsp3) is 0.381. The second kappa shape index (κ2) is 12.3. The Hall–Kier alpha value is -1.42. The Bertz CT molecular complexity index is 802. The lowest BCUT2D eigenvalue weighted by Crippen LogP contribution is -2.46. The molecule has 1 unspecified atom stereocenters. The molecule has 1 aliphatic heterocycles. The van der Waals surface area contributed by atoms with Gasteiger partial charge in [-0.3, -0.25) is 9.89 Å². The molecule has 0 spiro atoms. The second-order valence-corrected chi connectivity index (χ2v) is 6.99. The van der Waals surface area contributed by atoms with E-state index in [0.29, 0.717) is 37.8 Å². The van der Waals surface area contributed by atoms with Gasteiger partial charge in [0.1, 0.15) is 5.82 Å². The summed E-state index contributed by atoms with van der Waals surface area (Å²) in [5.41, 5.74) is 1.67. The van der Waals surface area contributed by atoms with E-state index in [1.165, 1.54) is 6.07 Å². The Kier molecular flexibility index (Phi) is 10.1. The third-order valence-electron chi connectivity index (χ3n) is 4.84. The zero-order valence-corrected chi connectivity index (χ0v) is 19.5. The highest BCUT2D eigenvalue weighted by Gasteiger charge is 2.24. The van der Waals surface area contributed by atoms with Gasteiger partial charge in [-0.05, 0) is 17.7 Å². The number of nitrogens with zero attached hydrogens (tertiary/aromatic N) is 2. The summed E-state index contributed by atoms with van der Waals surface area (Å²) in [6.07, 6.45) is 0. The van der Waals surface area contributed by atoms with Gasteiger partial charge in [-0.1, -0.05) is 48.0 Å². The van der Waals surface area contributed by atoms with Gasteiger partial charge in [0.25, 0.3) is 0 Å². The van der Waals surface area contributed by atoms with E-state index < -0.39 is 0 Å². The third kappa shape index (κ3) is 6.80. The van der Waals surface area contributed by atoms with Crippen molar-refractivity contribution in [3.63, 3.8) is 0 Å². The van der Waals surface area contributed by atoms with Crippen LogP contribution >= 0.6 is 35.6 Å². The average molecular weight is 533 g/mol. The van der Waals surface area contributed by atoms with Gasteiger partial charge in [0, 0.05) is 43.8 Å². The largest absolute Gasteiger partial charge is 0.379 e. The van der Waals surface area contributed by atoms with Gasteiger partial charge in [0.05, 0.1) is 19.3 Å². The second-order valence-electron chi connectivity index (χ2n) is 6.58. The maximum Gasteiger partial charge on any atom is 0.191 e. The van der Waals surface area contributed by atoms with E-state index in [1.807, 2.05) is 24.3 Å². The number of ether oxygens (including phenoxy) is 1. The molecule has 3 rings (SSSR count). The molecule has 29 heavy (non-hydrogen) atoms. The maximum atomic E-state index is 13.8. The Balaban J connectivity index is 0.00000300. The van der Waals surface area contributed by atoms with Crippen LogP contribution < -0.4 is 10.6 Å². The molecule has 0 aromatic heterocycles. The zero-order valence-electron chi connectivity index (χ0n) is 16.4. The minimum Gasteiger partial charge on any atom is -0.379 e. The molecule has 0 radical (unpaired) electrons. The van der Waals surface area contributed by atoms with Crippen LogP contribution in [0.4, 0.5) is 4.39 Å². The minimum absolute atomic E-state index is 0. The smallest absolute Gasteiger partial charge is 0.191 e. The van der Waals surface area contributed by atoms with Crippen LogP contribution in [0.3, 0.4) is 0 Å². The van der Waals surface area contributed by atoms with Crippen molar-refractivity contribution in [1.29, 1.82) is 0 Å². The Morgan fingerprint density at radius 1 is 1.14 bits per heavy atom. The van der Waals surface area contributed by atoms with Gasteiger partial charge in [-0.15, -0.1) is 24.0 Å². The van der Waals surface area contributed by atoms with Crippen molar-refractivity contribution in [2.24, 2.45) is 4.99 Å². The van der Waals surface area contributed by atoms with Crippen molar-refractivity contribution in [3.8, 4) is 0 Å². The topological polar surface area (TPSA) is 48.9 Å². The lowest BCUT2D eigenvalue weighted by Gasteiger charge is -2.35. The molecule has 1 atom stereocenters. The summed E-state index contributed by atoms with van der Waals surface area (Å²) in [4.78, 5) is 6.62. The summed E-state index contributed by atoms with van der Waals surface area (Å²) in [7, 11) is 1.70. The van der Waals surface area contributed by atoms with Gasteiger partial charge in [0.15, 0.2) is 5.96 Å². The van der Waals surface area contributed by atoms with Crippen LogP contribution in [0.5, 0.6) is 0 Å². The van der Waals surface area contributed by atoms with Crippen molar-refractivity contribution >= 4 is 41.5 Å². The number of nitrogens with one attached hydrogen (secondary N) is 2. The summed E-state index contributed by atoms with van der Waals surface area (Å²) in [5.74, 6) is 0.390. The van der Waals surface area contributed by atoms with Gasteiger partial charge in [-0.2, -0.15) is 0 Å². The molecule has 2 aromatic rings. The summed E-state index contributed by atoms with van der Waals surface area (Å²) < 4.78 is 19.3. The lowest BCUT2D eigenvalue weighted by atomic mass is 10.0. The van der Waals surface area contributed by atoms with Crippen LogP contribution in [-0.2, 0) is 11.3 Å². The van der Waals surface area contributed by atoms with Crippen LogP contribution in [0.1, 0.15) is 17.2 Å². The molecule has 0 bridgehead atoms. The fourth-order valence-corrected chi connectivity index (χ4v) is 3.57. The Labute approximate surface area is 193 Å². The zero-order chi connectivity index (χ0) is 19.8. The molecule has 0 amide bonds. The average Bonchev–Trinajstić information content (AvgIpc) is 2.73. The van der Waals surface area contributed by atoms with E-state index in [4.69, 9.17) is 16.3 Å². The highest BCUT2D eigenvalue weighted by molar-refractivity contribution is 14.0. The van der Waals surface area contributed by atoms with E-state index in [2.05, 4.69) is 26.6 Å². The van der Waals surface area contributed by atoms with Gasteiger partial charge < -0.3 is 15.4 Å². The first-order chi connectivity index (χ1) is 13.7. The molecule has 0 aliphatic carbocycles. The molecule has 0 saturated carbocycles. The van der Waals surface area contributed by atoms with E-state index in [1.54, 1.807) is 19.2 Å². The number of hydrogen-bond donors (Lipinski definition) is 2. The first-order valence-electron chi connectivity index (χ1n) is 9.43. The number of guanidine groups is 1. The van der Waals surface area contributed by atoms with E-state index in [-0.39, 0.29) is 35.8 Å². The Morgan fingerprint density at radius 2 is 1.83 bits per heavy atom. The molecule has 2 aromatic carbocycles. The molecular weight excluding hydrogens is 506 g/mol. The van der Waals surface area contributed by atoms with Crippen molar-refractivity contribution < 1.29 is 9.13 Å². The van der Waals surface area contributed by atoms with Crippen molar-refractivity contribution in [1.82, 2.24) is 15.5 Å². The molecule has 2 N–H and O–H groups in total. The fourth-order valence-electron chi connectivity index (χ4n) is 3.30. The highest BCUT2D eigenvalue weighted by Crippen LogP contribution is 2.27. The molecule has 1 fully saturated rings. The molecule has 1 heterocycles. The standard InChI is InChI=1S/C21H26ClFN4O.HI/c1-24-21(25-14-16-6-2-5-9-19(16)23)26-15-20(27-10-12-28-13-11-27)17-7-3-4-8-18(17)22;/h2-9,20H,10-15H2,1H3,(H2,24,25,26);1H. The first kappa shape index (κ1) is 23.9. The number of hydrogen-bond acceptors (Lipinski definition) is 3. The normalized spacial score (nSPS) is 16.0. The molecule has 8 heteroatoms. The summed E-state index contributed by atoms with van der Waals surface area (Å²) in [6, 6.07) is 14.7. The van der Waals surface area contributed by atoms with Crippen LogP contribution in [0.25, 0.3) is 0 Å². The van der Waals surface area contributed by atoms with Crippen molar-refractivity contribution in [2.45, 2.75) is 12.6 Å². The molecular formula is C21H27ClFIN4O. The first-order valence-corrected chi connectivity index (χ1v) is 9.81. The number of morpholine rings is 1.